The molecule has 0 aromatic heterocycles. The smallest absolute Gasteiger partial charge is 0.242 e. The number of carbonyl (C=O) groups is 2. The van der Waals surface area contributed by atoms with Gasteiger partial charge in [0.1, 0.15) is 11.0 Å². The van der Waals surface area contributed by atoms with Crippen molar-refractivity contribution in [3.05, 3.63) is 59.7 Å². The summed E-state index contributed by atoms with van der Waals surface area (Å²) in [4.78, 5) is 24.7. The van der Waals surface area contributed by atoms with E-state index in [0.717, 1.165) is 17.5 Å². The number of hydrogen-bond acceptors (Lipinski definition) is 4. The summed E-state index contributed by atoms with van der Waals surface area (Å²) in [5, 5.41) is 3.91. The van der Waals surface area contributed by atoms with Crippen molar-refractivity contribution in [3.63, 3.8) is 0 Å². The van der Waals surface area contributed by atoms with E-state index in [1.165, 1.54) is 0 Å². The molecular weight excluding hydrogens is 376 g/mol. The van der Waals surface area contributed by atoms with Crippen molar-refractivity contribution >= 4 is 33.0 Å². The van der Waals surface area contributed by atoms with E-state index >= 15 is 0 Å². The summed E-state index contributed by atoms with van der Waals surface area (Å²) in [7, 11) is -3.96. The molecule has 0 spiro atoms. The third kappa shape index (κ3) is 5.92. The van der Waals surface area contributed by atoms with Crippen molar-refractivity contribution in [2.24, 2.45) is 0 Å². The van der Waals surface area contributed by atoms with Gasteiger partial charge in [0.25, 0.3) is 0 Å². The van der Waals surface area contributed by atoms with Crippen LogP contribution in [0.2, 0.25) is 0 Å². The molecule has 0 saturated carbocycles. The quantitative estimate of drug-likeness (QED) is 0.708. The van der Waals surface area contributed by atoms with Gasteiger partial charge < -0.3 is 10.6 Å². The maximum absolute atomic E-state index is 12.6. The SMILES string of the molecule is CCc1ccc(NC(=O)CS(=O)(=O)C(CC)C(=O)Nc2cccc(C)c2)cc1. The van der Waals surface area contributed by atoms with Gasteiger partial charge in [0.15, 0.2) is 9.84 Å². The predicted molar refractivity (Wildman–Crippen MR) is 112 cm³/mol. The minimum absolute atomic E-state index is 0.0818. The molecule has 0 aliphatic rings. The summed E-state index contributed by atoms with van der Waals surface area (Å²) >= 11 is 0. The third-order valence-electron chi connectivity index (χ3n) is 4.36. The van der Waals surface area contributed by atoms with Gasteiger partial charge in [-0.25, -0.2) is 8.42 Å². The Kier molecular flexibility index (Phi) is 7.34. The van der Waals surface area contributed by atoms with Gasteiger partial charge in [-0.05, 0) is 55.2 Å². The maximum Gasteiger partial charge on any atom is 0.242 e. The Hall–Kier alpha value is -2.67. The molecule has 1 atom stereocenters. The van der Waals surface area contributed by atoms with Gasteiger partial charge in [-0.15, -0.1) is 0 Å². The Morgan fingerprint density at radius 1 is 0.964 bits per heavy atom. The fourth-order valence-electron chi connectivity index (χ4n) is 2.85. The fraction of sp³-hybridized carbons (Fsp3) is 0.333. The van der Waals surface area contributed by atoms with Gasteiger partial charge in [0.2, 0.25) is 11.8 Å². The van der Waals surface area contributed by atoms with Crippen LogP contribution in [-0.4, -0.2) is 31.2 Å². The van der Waals surface area contributed by atoms with Crippen LogP contribution in [-0.2, 0) is 25.8 Å². The van der Waals surface area contributed by atoms with Crippen molar-refractivity contribution in [2.45, 2.75) is 38.9 Å². The molecule has 0 saturated heterocycles. The number of carbonyl (C=O) groups excluding carboxylic acids is 2. The number of aryl methyl sites for hydroxylation is 2. The highest BCUT2D eigenvalue weighted by atomic mass is 32.2. The number of rotatable bonds is 8. The van der Waals surface area contributed by atoms with Crippen LogP contribution < -0.4 is 10.6 Å². The summed E-state index contributed by atoms with van der Waals surface area (Å²) in [6.45, 7) is 5.51. The lowest BCUT2D eigenvalue weighted by Crippen LogP contribution is -2.39. The van der Waals surface area contributed by atoms with E-state index in [2.05, 4.69) is 10.6 Å². The molecule has 2 N–H and O–H groups in total. The molecule has 2 rings (SSSR count). The molecule has 7 heteroatoms. The third-order valence-corrected chi connectivity index (χ3v) is 6.44. The van der Waals surface area contributed by atoms with E-state index in [0.29, 0.717) is 11.4 Å². The largest absolute Gasteiger partial charge is 0.325 e. The lowest BCUT2D eigenvalue weighted by atomic mass is 10.1. The second-order valence-corrected chi connectivity index (χ2v) is 8.84. The topological polar surface area (TPSA) is 92.3 Å². The molecule has 0 aliphatic heterocycles. The van der Waals surface area contributed by atoms with E-state index in [4.69, 9.17) is 0 Å². The van der Waals surface area contributed by atoms with Crippen LogP contribution in [0.4, 0.5) is 11.4 Å². The lowest BCUT2D eigenvalue weighted by Gasteiger charge is -2.16. The minimum Gasteiger partial charge on any atom is -0.325 e. The molecule has 28 heavy (non-hydrogen) atoms. The van der Waals surface area contributed by atoms with Gasteiger partial charge in [0, 0.05) is 11.4 Å². The Balaban J connectivity index is 2.04. The van der Waals surface area contributed by atoms with Crippen molar-refractivity contribution in [1.82, 2.24) is 0 Å². The van der Waals surface area contributed by atoms with Crippen molar-refractivity contribution < 1.29 is 18.0 Å². The summed E-state index contributed by atoms with van der Waals surface area (Å²) < 4.78 is 25.3. The average molecular weight is 403 g/mol. The zero-order valence-corrected chi connectivity index (χ0v) is 17.2. The standard InChI is InChI=1S/C21H26N2O4S/c1-4-16-9-11-17(12-10-16)22-20(24)14-28(26,27)19(5-2)21(25)23-18-8-6-7-15(3)13-18/h6-13,19H,4-5,14H2,1-3H3,(H,22,24)(H,23,25). The van der Waals surface area contributed by atoms with E-state index in [1.807, 2.05) is 32.0 Å². The second kappa shape index (κ2) is 9.50. The number of amides is 2. The van der Waals surface area contributed by atoms with E-state index < -0.39 is 32.7 Å². The Labute approximate surface area is 166 Å². The molecular formula is C21H26N2O4S. The normalized spacial score (nSPS) is 12.2. The molecule has 2 amide bonds. The molecule has 1 unspecified atom stereocenters. The zero-order chi connectivity index (χ0) is 20.7. The van der Waals surface area contributed by atoms with Crippen molar-refractivity contribution in [1.29, 1.82) is 0 Å². The number of benzene rings is 2. The highest BCUT2D eigenvalue weighted by Gasteiger charge is 2.33. The van der Waals surface area contributed by atoms with Crippen LogP contribution in [0.15, 0.2) is 48.5 Å². The molecule has 6 nitrogen and oxygen atoms in total. The molecule has 0 radical (unpaired) electrons. The predicted octanol–water partition coefficient (Wildman–Crippen LogP) is 3.33. The number of sulfone groups is 1. The monoisotopic (exact) mass is 402 g/mol. The number of nitrogens with one attached hydrogen (secondary N) is 2. The van der Waals surface area contributed by atoms with Crippen LogP contribution in [0, 0.1) is 6.92 Å². The molecule has 0 bridgehead atoms. The summed E-state index contributed by atoms with van der Waals surface area (Å²) in [6.07, 6.45) is 0.954. The van der Waals surface area contributed by atoms with Gasteiger partial charge in [-0.3, -0.25) is 9.59 Å². The summed E-state index contributed by atoms with van der Waals surface area (Å²) in [6, 6.07) is 14.3. The van der Waals surface area contributed by atoms with E-state index in [9.17, 15) is 18.0 Å². The van der Waals surface area contributed by atoms with Crippen LogP contribution in [0.3, 0.4) is 0 Å². The first-order valence-corrected chi connectivity index (χ1v) is 10.9. The lowest BCUT2D eigenvalue weighted by molar-refractivity contribution is -0.115. The number of hydrogen-bond donors (Lipinski definition) is 2. The summed E-state index contributed by atoms with van der Waals surface area (Å²) in [5.74, 6) is -2.04. The van der Waals surface area contributed by atoms with Crippen LogP contribution >= 0.6 is 0 Å². The van der Waals surface area contributed by atoms with Crippen molar-refractivity contribution in [2.75, 3.05) is 16.4 Å². The molecule has 0 fully saturated rings. The number of anilines is 2. The minimum atomic E-state index is -3.96. The molecule has 2 aromatic rings. The second-order valence-electron chi connectivity index (χ2n) is 6.66. The molecule has 150 valence electrons. The van der Waals surface area contributed by atoms with E-state index in [1.54, 1.807) is 37.3 Å². The first-order chi connectivity index (χ1) is 13.2. The highest BCUT2D eigenvalue weighted by Crippen LogP contribution is 2.15. The van der Waals surface area contributed by atoms with Crippen LogP contribution in [0.1, 0.15) is 31.4 Å². The van der Waals surface area contributed by atoms with Gasteiger partial charge in [0.05, 0.1) is 0 Å². The van der Waals surface area contributed by atoms with Gasteiger partial charge in [-0.2, -0.15) is 0 Å². The maximum atomic E-state index is 12.6. The van der Waals surface area contributed by atoms with Gasteiger partial charge >= 0.3 is 0 Å². The Morgan fingerprint density at radius 3 is 2.21 bits per heavy atom. The first kappa shape index (κ1) is 21.6. The fourth-order valence-corrected chi connectivity index (χ4v) is 4.38. The Bertz CT molecular complexity index is 937. The van der Waals surface area contributed by atoms with Crippen LogP contribution in [0.25, 0.3) is 0 Å². The van der Waals surface area contributed by atoms with Crippen molar-refractivity contribution in [3.8, 4) is 0 Å². The molecule has 0 heterocycles. The first-order valence-electron chi connectivity index (χ1n) is 9.23. The molecule has 2 aromatic carbocycles. The van der Waals surface area contributed by atoms with Gasteiger partial charge in [-0.1, -0.05) is 38.1 Å². The highest BCUT2D eigenvalue weighted by molar-refractivity contribution is 7.93. The average Bonchev–Trinajstić information content (AvgIpc) is 2.62. The van der Waals surface area contributed by atoms with E-state index in [-0.39, 0.29) is 6.42 Å². The zero-order valence-electron chi connectivity index (χ0n) is 16.4. The Morgan fingerprint density at radius 2 is 1.64 bits per heavy atom. The summed E-state index contributed by atoms with van der Waals surface area (Å²) in [5.41, 5.74) is 3.11. The van der Waals surface area contributed by atoms with Crippen LogP contribution in [0.5, 0.6) is 0 Å². The molecule has 0 aliphatic carbocycles.